The van der Waals surface area contributed by atoms with Crippen molar-refractivity contribution >= 4 is 33.2 Å². The van der Waals surface area contributed by atoms with Gasteiger partial charge < -0.3 is 9.26 Å². The average molecular weight is 352 g/mol. The van der Waals surface area contributed by atoms with E-state index in [9.17, 15) is 8.42 Å². The summed E-state index contributed by atoms with van der Waals surface area (Å²) in [6, 6.07) is 2.57. The highest BCUT2D eigenvalue weighted by Crippen LogP contribution is 2.36. The number of primary sulfonamides is 1. The quantitative estimate of drug-likeness (QED) is 0.883. The van der Waals surface area contributed by atoms with E-state index in [0.717, 1.165) is 0 Å². The van der Waals surface area contributed by atoms with Gasteiger partial charge in [0.2, 0.25) is 21.7 Å². The Hall–Kier alpha value is -1.35. The van der Waals surface area contributed by atoms with E-state index < -0.39 is 10.0 Å². The van der Waals surface area contributed by atoms with Crippen molar-refractivity contribution in [3.63, 3.8) is 0 Å². The van der Waals surface area contributed by atoms with Gasteiger partial charge in [0.05, 0.1) is 5.02 Å². The first kappa shape index (κ1) is 16.0. The van der Waals surface area contributed by atoms with Crippen LogP contribution in [0.15, 0.2) is 21.6 Å². The minimum absolute atomic E-state index is 0.00820. The van der Waals surface area contributed by atoms with Crippen molar-refractivity contribution in [2.24, 2.45) is 5.14 Å². The zero-order valence-corrected chi connectivity index (χ0v) is 13.2. The van der Waals surface area contributed by atoms with E-state index in [1.54, 1.807) is 0 Å². The maximum absolute atomic E-state index is 11.3. The lowest BCUT2D eigenvalue weighted by Crippen LogP contribution is -2.13. The Morgan fingerprint density at radius 1 is 1.33 bits per heavy atom. The lowest BCUT2D eigenvalue weighted by atomic mass is 10.3. The van der Waals surface area contributed by atoms with E-state index in [0.29, 0.717) is 18.1 Å². The first-order chi connectivity index (χ1) is 9.82. The van der Waals surface area contributed by atoms with E-state index in [4.69, 9.17) is 37.6 Å². The van der Waals surface area contributed by atoms with Crippen LogP contribution in [0, 0.1) is 0 Å². The molecule has 0 amide bonds. The SMILES string of the molecule is CCc1nc(COc2ccc(S(N)(=O)=O)c(Cl)c2Cl)no1. The van der Waals surface area contributed by atoms with Crippen LogP contribution in [-0.2, 0) is 23.1 Å². The number of aryl methyl sites for hydroxylation is 1. The van der Waals surface area contributed by atoms with Gasteiger partial charge >= 0.3 is 0 Å². The van der Waals surface area contributed by atoms with Gasteiger partial charge in [-0.25, -0.2) is 13.6 Å². The smallest absolute Gasteiger partial charge is 0.239 e. The van der Waals surface area contributed by atoms with Gasteiger partial charge in [0, 0.05) is 6.42 Å². The Labute approximate surface area is 131 Å². The molecule has 2 N–H and O–H groups in total. The third kappa shape index (κ3) is 3.65. The summed E-state index contributed by atoms with van der Waals surface area (Å²) in [4.78, 5) is 3.79. The Morgan fingerprint density at radius 3 is 2.62 bits per heavy atom. The lowest BCUT2D eigenvalue weighted by molar-refractivity contribution is 0.285. The Morgan fingerprint density at radius 2 is 2.05 bits per heavy atom. The van der Waals surface area contributed by atoms with Crippen LogP contribution in [0.2, 0.25) is 10.0 Å². The molecular weight excluding hydrogens is 341 g/mol. The number of nitrogens with two attached hydrogens (primary N) is 1. The van der Waals surface area contributed by atoms with Crippen molar-refractivity contribution in [2.45, 2.75) is 24.8 Å². The number of hydrogen-bond acceptors (Lipinski definition) is 6. The van der Waals surface area contributed by atoms with E-state index in [2.05, 4.69) is 10.1 Å². The van der Waals surface area contributed by atoms with Crippen molar-refractivity contribution in [1.29, 1.82) is 0 Å². The summed E-state index contributed by atoms with van der Waals surface area (Å²) in [5, 5.41) is 8.47. The average Bonchev–Trinajstić information content (AvgIpc) is 2.87. The maximum atomic E-state index is 11.3. The molecule has 0 radical (unpaired) electrons. The van der Waals surface area contributed by atoms with Crippen LogP contribution in [0.3, 0.4) is 0 Å². The Balaban J connectivity index is 2.20. The highest BCUT2D eigenvalue weighted by Gasteiger charge is 2.19. The predicted molar refractivity (Wildman–Crippen MR) is 75.8 cm³/mol. The Bertz CT molecular complexity index is 761. The summed E-state index contributed by atoms with van der Waals surface area (Å²) in [6.45, 7) is 1.88. The van der Waals surface area contributed by atoms with Gasteiger partial charge in [-0.05, 0) is 12.1 Å². The van der Waals surface area contributed by atoms with E-state index in [1.165, 1.54) is 12.1 Å². The molecule has 21 heavy (non-hydrogen) atoms. The molecule has 1 heterocycles. The third-order valence-corrected chi connectivity index (χ3v) is 4.42. The molecule has 0 unspecified atom stereocenters. The number of benzene rings is 1. The molecule has 0 fully saturated rings. The molecule has 7 nitrogen and oxygen atoms in total. The second kappa shape index (κ2) is 6.18. The van der Waals surface area contributed by atoms with E-state index in [1.807, 2.05) is 6.92 Å². The molecule has 10 heteroatoms. The van der Waals surface area contributed by atoms with E-state index >= 15 is 0 Å². The molecule has 0 aliphatic heterocycles. The topological polar surface area (TPSA) is 108 Å². The van der Waals surface area contributed by atoms with Crippen molar-refractivity contribution in [3.8, 4) is 5.75 Å². The summed E-state index contributed by atoms with van der Waals surface area (Å²) >= 11 is 11.8. The summed E-state index contributed by atoms with van der Waals surface area (Å²) in [5.74, 6) is 1.02. The number of hydrogen-bond donors (Lipinski definition) is 1. The third-order valence-electron chi connectivity index (χ3n) is 2.49. The van der Waals surface area contributed by atoms with Gasteiger partial charge in [-0.1, -0.05) is 35.3 Å². The molecular formula is C11H11Cl2N3O4S. The fourth-order valence-corrected chi connectivity index (χ4v) is 2.84. The normalized spacial score (nSPS) is 11.6. The largest absolute Gasteiger partial charge is 0.484 e. The fourth-order valence-electron chi connectivity index (χ4n) is 1.48. The van der Waals surface area contributed by atoms with Gasteiger partial charge in [-0.3, -0.25) is 0 Å². The fraction of sp³-hybridized carbons (Fsp3) is 0.273. The summed E-state index contributed by atoms with van der Waals surface area (Å²) in [7, 11) is -3.95. The highest BCUT2D eigenvalue weighted by molar-refractivity contribution is 7.89. The van der Waals surface area contributed by atoms with Crippen molar-refractivity contribution in [3.05, 3.63) is 33.9 Å². The van der Waals surface area contributed by atoms with Crippen LogP contribution in [0.25, 0.3) is 0 Å². The summed E-state index contributed by atoms with van der Waals surface area (Å²) in [6.07, 6.45) is 0.614. The molecule has 0 atom stereocenters. The zero-order valence-electron chi connectivity index (χ0n) is 10.8. The van der Waals surface area contributed by atoms with Crippen LogP contribution in [0.4, 0.5) is 0 Å². The molecule has 0 bridgehead atoms. The number of halogens is 2. The minimum Gasteiger partial charge on any atom is -0.484 e. The molecule has 1 aromatic heterocycles. The second-order valence-corrected chi connectivity index (χ2v) is 6.27. The number of nitrogens with zero attached hydrogens (tertiary/aromatic N) is 2. The van der Waals surface area contributed by atoms with Crippen molar-refractivity contribution in [2.75, 3.05) is 0 Å². The molecule has 114 valence electrons. The van der Waals surface area contributed by atoms with Crippen LogP contribution in [-0.4, -0.2) is 18.6 Å². The summed E-state index contributed by atoms with van der Waals surface area (Å²) < 4.78 is 32.9. The van der Waals surface area contributed by atoms with Gasteiger partial charge in [0.1, 0.15) is 15.7 Å². The molecule has 0 aliphatic rings. The number of sulfonamides is 1. The molecule has 0 saturated carbocycles. The van der Waals surface area contributed by atoms with E-state index in [-0.39, 0.29) is 27.3 Å². The monoisotopic (exact) mass is 351 g/mol. The highest BCUT2D eigenvalue weighted by atomic mass is 35.5. The number of rotatable bonds is 5. The molecule has 2 aromatic rings. The standard InChI is InChI=1S/C11H11Cl2N3O4S/c1-2-9-15-8(16-20-9)5-19-6-3-4-7(21(14,17)18)11(13)10(6)12/h3-4H,2,5H2,1H3,(H2,14,17,18). The molecule has 0 spiro atoms. The second-order valence-electron chi connectivity index (χ2n) is 3.98. The molecule has 0 aliphatic carbocycles. The van der Waals surface area contributed by atoms with Crippen LogP contribution < -0.4 is 9.88 Å². The van der Waals surface area contributed by atoms with Gasteiger partial charge in [0.25, 0.3) is 0 Å². The van der Waals surface area contributed by atoms with Crippen LogP contribution >= 0.6 is 23.2 Å². The number of aromatic nitrogens is 2. The first-order valence-corrected chi connectivity index (χ1v) is 8.08. The first-order valence-electron chi connectivity index (χ1n) is 5.78. The van der Waals surface area contributed by atoms with Gasteiger partial charge in [-0.15, -0.1) is 0 Å². The predicted octanol–water partition coefficient (Wildman–Crippen LogP) is 2.17. The zero-order chi connectivity index (χ0) is 15.6. The van der Waals surface area contributed by atoms with Crippen LogP contribution in [0.1, 0.15) is 18.6 Å². The van der Waals surface area contributed by atoms with Crippen molar-refractivity contribution < 1.29 is 17.7 Å². The van der Waals surface area contributed by atoms with Crippen LogP contribution in [0.5, 0.6) is 5.75 Å². The molecule has 1 aromatic carbocycles. The lowest BCUT2D eigenvalue weighted by Gasteiger charge is -2.09. The summed E-state index contributed by atoms with van der Waals surface area (Å²) in [5.41, 5.74) is 0. The molecule has 2 rings (SSSR count). The van der Waals surface area contributed by atoms with Gasteiger partial charge in [-0.2, -0.15) is 4.98 Å². The van der Waals surface area contributed by atoms with Gasteiger partial charge in [0.15, 0.2) is 6.61 Å². The molecule has 0 saturated heterocycles. The van der Waals surface area contributed by atoms with Crippen molar-refractivity contribution in [1.82, 2.24) is 10.1 Å². The maximum Gasteiger partial charge on any atom is 0.239 e. The minimum atomic E-state index is -3.95. The Kier molecular flexibility index (Phi) is 4.72. The number of ether oxygens (including phenoxy) is 1.